The second-order valence-electron chi connectivity index (χ2n) is 4.59. The maximum Gasteiger partial charge on any atom is 0.242 e. The summed E-state index contributed by atoms with van der Waals surface area (Å²) in [7, 11) is 3.52. The van der Waals surface area contributed by atoms with E-state index in [1.165, 1.54) is 11.1 Å². The van der Waals surface area contributed by atoms with Crippen LogP contribution in [0.3, 0.4) is 0 Å². The van der Waals surface area contributed by atoms with E-state index in [2.05, 4.69) is 31.0 Å². The molecule has 1 aromatic heterocycles. The highest BCUT2D eigenvalue weighted by Gasteiger charge is 2.09. The molecule has 0 aliphatic heterocycles. The van der Waals surface area contributed by atoms with E-state index in [4.69, 9.17) is 0 Å². The van der Waals surface area contributed by atoms with Crippen LogP contribution in [0.5, 0.6) is 0 Å². The quantitative estimate of drug-likeness (QED) is 0.789. The van der Waals surface area contributed by atoms with Crippen molar-refractivity contribution < 1.29 is 4.79 Å². The first-order valence-corrected chi connectivity index (χ1v) is 5.61. The van der Waals surface area contributed by atoms with E-state index >= 15 is 0 Å². The number of amides is 1. The third-order valence-corrected chi connectivity index (χ3v) is 3.04. The zero-order valence-electron chi connectivity index (χ0n) is 10.7. The van der Waals surface area contributed by atoms with E-state index in [9.17, 15) is 4.79 Å². The lowest BCUT2D eigenvalue weighted by molar-refractivity contribution is -0.129. The van der Waals surface area contributed by atoms with Crippen LogP contribution >= 0.6 is 0 Å². The molecule has 0 radical (unpaired) electrons. The van der Waals surface area contributed by atoms with E-state index in [1.54, 1.807) is 25.3 Å². The molecule has 1 heterocycles. The molecule has 90 valence electrons. The number of likely N-dealkylation sites (N-methyl/N-ethyl adjacent to an activating group) is 1. The number of fused-ring (bicyclic) bond motifs is 1. The molecule has 1 amide bonds. The Hall–Kier alpha value is -1.84. The molecule has 0 saturated carbocycles. The average molecular weight is 231 g/mol. The number of aromatic nitrogens is 2. The molecule has 17 heavy (non-hydrogen) atoms. The number of carbonyl (C=O) groups is 1. The van der Waals surface area contributed by atoms with Crippen LogP contribution in [0.25, 0.3) is 11.0 Å². The van der Waals surface area contributed by atoms with Crippen molar-refractivity contribution in [3.8, 4) is 0 Å². The van der Waals surface area contributed by atoms with Crippen LogP contribution in [0.1, 0.15) is 11.1 Å². The van der Waals surface area contributed by atoms with Crippen LogP contribution in [0.2, 0.25) is 0 Å². The minimum absolute atomic E-state index is 0.0718. The molecule has 0 fully saturated rings. The fourth-order valence-corrected chi connectivity index (χ4v) is 1.73. The highest BCUT2D eigenvalue weighted by molar-refractivity contribution is 5.81. The van der Waals surface area contributed by atoms with Crippen molar-refractivity contribution in [1.29, 1.82) is 0 Å². The SMILES string of the molecule is Cc1cc2ncn(CC(=O)N(C)C)c2cc1C. The van der Waals surface area contributed by atoms with Gasteiger partial charge in [0.1, 0.15) is 6.54 Å². The Labute approximate surface area is 101 Å². The molecular weight excluding hydrogens is 214 g/mol. The molecule has 0 aliphatic carbocycles. The third-order valence-electron chi connectivity index (χ3n) is 3.04. The van der Waals surface area contributed by atoms with E-state index in [0.29, 0.717) is 6.54 Å². The summed E-state index contributed by atoms with van der Waals surface area (Å²) in [4.78, 5) is 17.6. The summed E-state index contributed by atoms with van der Waals surface area (Å²) in [5.74, 6) is 0.0718. The molecular formula is C13H17N3O. The standard InChI is InChI=1S/C13H17N3O/c1-9-5-11-12(6-10(9)2)16(8-14-11)7-13(17)15(3)4/h5-6,8H,7H2,1-4H3. The first-order valence-electron chi connectivity index (χ1n) is 5.61. The smallest absolute Gasteiger partial charge is 0.242 e. The second-order valence-corrected chi connectivity index (χ2v) is 4.59. The molecule has 2 rings (SSSR count). The van der Waals surface area contributed by atoms with Gasteiger partial charge in [0.25, 0.3) is 0 Å². The summed E-state index contributed by atoms with van der Waals surface area (Å²) in [6.07, 6.45) is 1.73. The summed E-state index contributed by atoms with van der Waals surface area (Å²) in [6, 6.07) is 4.14. The van der Waals surface area contributed by atoms with Gasteiger partial charge in [-0.2, -0.15) is 0 Å². The number of aryl methyl sites for hydroxylation is 2. The molecule has 0 aliphatic rings. The first kappa shape index (κ1) is 11.6. The molecule has 1 aromatic carbocycles. The van der Waals surface area contributed by atoms with Crippen molar-refractivity contribution in [2.24, 2.45) is 0 Å². The van der Waals surface area contributed by atoms with Gasteiger partial charge in [-0.3, -0.25) is 4.79 Å². The predicted octanol–water partition coefficient (Wildman–Crippen LogP) is 1.74. The van der Waals surface area contributed by atoms with Crippen LogP contribution in [0.4, 0.5) is 0 Å². The van der Waals surface area contributed by atoms with Crippen molar-refractivity contribution in [3.63, 3.8) is 0 Å². The Morgan fingerprint density at radius 3 is 2.59 bits per heavy atom. The van der Waals surface area contributed by atoms with Crippen molar-refractivity contribution in [2.75, 3.05) is 14.1 Å². The van der Waals surface area contributed by atoms with E-state index in [1.807, 2.05) is 4.57 Å². The fourth-order valence-electron chi connectivity index (χ4n) is 1.73. The predicted molar refractivity (Wildman–Crippen MR) is 67.9 cm³/mol. The summed E-state index contributed by atoms with van der Waals surface area (Å²) in [5, 5.41) is 0. The molecule has 4 heteroatoms. The number of hydrogen-bond donors (Lipinski definition) is 0. The Kier molecular flexibility index (Phi) is 2.88. The molecule has 0 N–H and O–H groups in total. The second kappa shape index (κ2) is 4.20. The maximum atomic E-state index is 11.7. The monoisotopic (exact) mass is 231 g/mol. The summed E-state index contributed by atoms with van der Waals surface area (Å²) < 4.78 is 1.89. The Bertz CT molecular complexity index is 569. The number of imidazole rings is 1. The normalized spacial score (nSPS) is 10.8. The van der Waals surface area contributed by atoms with E-state index < -0.39 is 0 Å². The lowest BCUT2D eigenvalue weighted by Gasteiger charge is -2.11. The molecule has 0 atom stereocenters. The zero-order chi connectivity index (χ0) is 12.6. The fraction of sp³-hybridized carbons (Fsp3) is 0.385. The van der Waals surface area contributed by atoms with Gasteiger partial charge < -0.3 is 9.47 Å². The van der Waals surface area contributed by atoms with Gasteiger partial charge in [0.2, 0.25) is 5.91 Å². The minimum atomic E-state index is 0.0718. The van der Waals surface area contributed by atoms with Gasteiger partial charge in [0, 0.05) is 14.1 Å². The molecule has 4 nitrogen and oxygen atoms in total. The van der Waals surface area contributed by atoms with Crippen molar-refractivity contribution >= 4 is 16.9 Å². The minimum Gasteiger partial charge on any atom is -0.347 e. The number of carbonyl (C=O) groups excluding carboxylic acids is 1. The number of benzene rings is 1. The van der Waals surface area contributed by atoms with Crippen LogP contribution < -0.4 is 0 Å². The molecule has 0 bridgehead atoms. The van der Waals surface area contributed by atoms with Crippen molar-refractivity contribution in [1.82, 2.24) is 14.5 Å². The average Bonchev–Trinajstić information content (AvgIpc) is 2.62. The van der Waals surface area contributed by atoms with Gasteiger partial charge in [0.05, 0.1) is 17.4 Å². The van der Waals surface area contributed by atoms with Gasteiger partial charge >= 0.3 is 0 Å². The topological polar surface area (TPSA) is 38.1 Å². The van der Waals surface area contributed by atoms with Gasteiger partial charge in [-0.25, -0.2) is 4.98 Å². The van der Waals surface area contributed by atoms with Crippen LogP contribution in [-0.2, 0) is 11.3 Å². The Morgan fingerprint density at radius 1 is 1.29 bits per heavy atom. The van der Waals surface area contributed by atoms with Gasteiger partial charge in [-0.15, -0.1) is 0 Å². The Morgan fingerprint density at radius 2 is 1.94 bits per heavy atom. The lowest BCUT2D eigenvalue weighted by atomic mass is 10.1. The van der Waals surface area contributed by atoms with Crippen LogP contribution in [0, 0.1) is 13.8 Å². The molecule has 0 spiro atoms. The van der Waals surface area contributed by atoms with Crippen molar-refractivity contribution in [2.45, 2.75) is 20.4 Å². The van der Waals surface area contributed by atoms with Gasteiger partial charge in [0.15, 0.2) is 0 Å². The molecule has 0 unspecified atom stereocenters. The molecule has 2 aromatic rings. The van der Waals surface area contributed by atoms with E-state index in [-0.39, 0.29) is 5.91 Å². The van der Waals surface area contributed by atoms with Gasteiger partial charge in [-0.05, 0) is 37.1 Å². The summed E-state index contributed by atoms with van der Waals surface area (Å²) in [6.45, 7) is 4.48. The molecule has 0 saturated heterocycles. The van der Waals surface area contributed by atoms with Crippen LogP contribution in [-0.4, -0.2) is 34.5 Å². The Balaban J connectivity index is 2.42. The first-order chi connectivity index (χ1) is 7.99. The summed E-state index contributed by atoms with van der Waals surface area (Å²) >= 11 is 0. The van der Waals surface area contributed by atoms with E-state index in [0.717, 1.165) is 11.0 Å². The zero-order valence-corrected chi connectivity index (χ0v) is 10.7. The summed E-state index contributed by atoms with van der Waals surface area (Å²) in [5.41, 5.74) is 4.40. The third kappa shape index (κ3) is 2.16. The number of hydrogen-bond acceptors (Lipinski definition) is 2. The largest absolute Gasteiger partial charge is 0.347 e. The van der Waals surface area contributed by atoms with Gasteiger partial charge in [-0.1, -0.05) is 0 Å². The van der Waals surface area contributed by atoms with Crippen LogP contribution in [0.15, 0.2) is 18.5 Å². The highest BCUT2D eigenvalue weighted by Crippen LogP contribution is 2.18. The number of rotatable bonds is 2. The maximum absolute atomic E-state index is 11.7. The highest BCUT2D eigenvalue weighted by atomic mass is 16.2. The number of nitrogens with zero attached hydrogens (tertiary/aromatic N) is 3. The van der Waals surface area contributed by atoms with Crippen molar-refractivity contribution in [3.05, 3.63) is 29.6 Å². The lowest BCUT2D eigenvalue weighted by Crippen LogP contribution is -2.25.